The largest absolute Gasteiger partial charge is 0.478 e. The van der Waals surface area contributed by atoms with Crippen molar-refractivity contribution in [1.82, 2.24) is 15.1 Å². The lowest BCUT2D eigenvalue weighted by molar-refractivity contribution is -0.147. The fourth-order valence-electron chi connectivity index (χ4n) is 2.99. The summed E-state index contributed by atoms with van der Waals surface area (Å²) in [5.74, 6) is 0.556. The van der Waals surface area contributed by atoms with E-state index in [1.54, 1.807) is 43.0 Å². The van der Waals surface area contributed by atoms with Crippen LogP contribution in [0, 0.1) is 0 Å². The first kappa shape index (κ1) is 21.5. The number of nitrogens with zero attached hydrogens (tertiary/aromatic N) is 2. The van der Waals surface area contributed by atoms with Crippen LogP contribution in [0.15, 0.2) is 24.3 Å². The van der Waals surface area contributed by atoms with E-state index in [0.717, 1.165) is 0 Å². The van der Waals surface area contributed by atoms with E-state index in [9.17, 15) is 9.59 Å². The molecule has 7 heteroatoms. The first-order valence-electron chi connectivity index (χ1n) is 9.24. The predicted octanol–water partition coefficient (Wildman–Crippen LogP) is 2.56. The third kappa shape index (κ3) is 6.70. The van der Waals surface area contributed by atoms with Crippen LogP contribution in [0.1, 0.15) is 34.6 Å². The van der Waals surface area contributed by atoms with Crippen molar-refractivity contribution in [3.05, 3.63) is 29.3 Å². The fraction of sp³-hybridized carbons (Fsp3) is 0.600. The van der Waals surface area contributed by atoms with Gasteiger partial charge in [0, 0.05) is 36.7 Å². The SMILES string of the molecule is CC(C)(C)NC(=O)CN1CCN(C(=O)C(C)(C)Oc2ccc(Cl)cc2)CC1. The van der Waals surface area contributed by atoms with E-state index in [2.05, 4.69) is 10.2 Å². The van der Waals surface area contributed by atoms with Crippen LogP contribution >= 0.6 is 11.6 Å². The molecule has 0 spiro atoms. The van der Waals surface area contributed by atoms with Crippen molar-refractivity contribution in [3.63, 3.8) is 0 Å². The highest BCUT2D eigenvalue weighted by Crippen LogP contribution is 2.23. The lowest BCUT2D eigenvalue weighted by Gasteiger charge is -2.38. The number of rotatable bonds is 5. The number of carbonyl (C=O) groups is 2. The quantitative estimate of drug-likeness (QED) is 0.832. The third-order valence-electron chi connectivity index (χ3n) is 4.24. The van der Waals surface area contributed by atoms with E-state index < -0.39 is 5.60 Å². The summed E-state index contributed by atoms with van der Waals surface area (Å²) in [5.41, 5.74) is -1.21. The molecule has 0 radical (unpaired) electrons. The minimum absolute atomic E-state index is 0.00804. The molecule has 0 unspecified atom stereocenters. The number of amides is 2. The van der Waals surface area contributed by atoms with Gasteiger partial charge in [-0.25, -0.2) is 0 Å². The van der Waals surface area contributed by atoms with Crippen molar-refractivity contribution in [2.24, 2.45) is 0 Å². The Bertz CT molecular complexity index is 660. The minimum atomic E-state index is -0.973. The number of piperazine rings is 1. The molecule has 1 aliphatic rings. The normalized spacial score (nSPS) is 16.1. The van der Waals surface area contributed by atoms with Crippen LogP contribution in [0.4, 0.5) is 0 Å². The monoisotopic (exact) mass is 395 g/mol. The number of carbonyl (C=O) groups excluding carboxylic acids is 2. The maximum atomic E-state index is 12.9. The average molecular weight is 396 g/mol. The first-order valence-corrected chi connectivity index (χ1v) is 9.61. The van der Waals surface area contributed by atoms with E-state index in [1.165, 1.54) is 0 Å². The second-order valence-electron chi connectivity index (χ2n) is 8.43. The van der Waals surface area contributed by atoms with Crippen LogP contribution in [-0.4, -0.2) is 65.5 Å². The van der Waals surface area contributed by atoms with Crippen molar-refractivity contribution in [1.29, 1.82) is 0 Å². The average Bonchev–Trinajstić information content (AvgIpc) is 2.55. The van der Waals surface area contributed by atoms with E-state index in [0.29, 0.717) is 43.5 Å². The molecule has 0 bridgehead atoms. The van der Waals surface area contributed by atoms with Gasteiger partial charge in [0.15, 0.2) is 5.60 Å². The van der Waals surface area contributed by atoms with Crippen LogP contribution in [-0.2, 0) is 9.59 Å². The zero-order valence-corrected chi connectivity index (χ0v) is 17.6. The maximum absolute atomic E-state index is 12.9. The molecule has 27 heavy (non-hydrogen) atoms. The third-order valence-corrected chi connectivity index (χ3v) is 4.49. The number of hydrogen-bond acceptors (Lipinski definition) is 4. The van der Waals surface area contributed by atoms with Gasteiger partial charge in [0.05, 0.1) is 6.54 Å². The Hall–Kier alpha value is -1.79. The predicted molar refractivity (Wildman–Crippen MR) is 107 cm³/mol. The van der Waals surface area contributed by atoms with Crippen LogP contribution < -0.4 is 10.1 Å². The molecule has 150 valence electrons. The summed E-state index contributed by atoms with van der Waals surface area (Å²) in [7, 11) is 0. The van der Waals surface area contributed by atoms with Crippen LogP contribution in [0.3, 0.4) is 0 Å². The zero-order valence-electron chi connectivity index (χ0n) is 16.8. The van der Waals surface area contributed by atoms with E-state index in [-0.39, 0.29) is 17.4 Å². The van der Waals surface area contributed by atoms with Crippen LogP contribution in [0.5, 0.6) is 5.75 Å². The highest BCUT2D eigenvalue weighted by Gasteiger charge is 2.36. The summed E-state index contributed by atoms with van der Waals surface area (Å²) in [6, 6.07) is 6.98. The van der Waals surface area contributed by atoms with Gasteiger partial charge >= 0.3 is 0 Å². The van der Waals surface area contributed by atoms with Gasteiger partial charge in [-0.1, -0.05) is 11.6 Å². The Balaban J connectivity index is 1.86. The summed E-state index contributed by atoms with van der Waals surface area (Å²) < 4.78 is 5.89. The van der Waals surface area contributed by atoms with Gasteiger partial charge < -0.3 is 15.0 Å². The van der Waals surface area contributed by atoms with Gasteiger partial charge in [-0.15, -0.1) is 0 Å². The summed E-state index contributed by atoms with van der Waals surface area (Å²) in [6.07, 6.45) is 0. The Morgan fingerprint density at radius 1 is 1.04 bits per heavy atom. The van der Waals surface area contributed by atoms with Crippen molar-refractivity contribution in [3.8, 4) is 5.75 Å². The number of hydrogen-bond donors (Lipinski definition) is 1. The van der Waals surface area contributed by atoms with Gasteiger partial charge in [-0.05, 0) is 58.9 Å². The molecule has 1 aromatic carbocycles. The van der Waals surface area contributed by atoms with E-state index >= 15 is 0 Å². The molecule has 1 saturated heterocycles. The Morgan fingerprint density at radius 2 is 1.59 bits per heavy atom. The smallest absolute Gasteiger partial charge is 0.266 e. The molecule has 0 saturated carbocycles. The molecule has 0 atom stereocenters. The molecule has 6 nitrogen and oxygen atoms in total. The van der Waals surface area contributed by atoms with Crippen LogP contribution in [0.2, 0.25) is 5.02 Å². The second-order valence-corrected chi connectivity index (χ2v) is 8.87. The summed E-state index contributed by atoms with van der Waals surface area (Å²) in [6.45, 7) is 12.3. The molecular weight excluding hydrogens is 366 g/mol. The first-order chi connectivity index (χ1) is 12.5. The lowest BCUT2D eigenvalue weighted by atomic mass is 10.1. The number of benzene rings is 1. The highest BCUT2D eigenvalue weighted by molar-refractivity contribution is 6.30. The highest BCUT2D eigenvalue weighted by atomic mass is 35.5. The second kappa shape index (κ2) is 8.48. The van der Waals surface area contributed by atoms with Crippen molar-refractivity contribution < 1.29 is 14.3 Å². The molecule has 0 aromatic heterocycles. The Morgan fingerprint density at radius 3 is 2.11 bits per heavy atom. The molecule has 1 aromatic rings. The van der Waals surface area contributed by atoms with Gasteiger partial charge in [0.2, 0.25) is 5.91 Å². The Kier molecular flexibility index (Phi) is 6.76. The van der Waals surface area contributed by atoms with Crippen molar-refractivity contribution in [2.75, 3.05) is 32.7 Å². The number of halogens is 1. The van der Waals surface area contributed by atoms with Gasteiger partial charge in [0.25, 0.3) is 5.91 Å². The molecular formula is C20H30ClN3O3. The lowest BCUT2D eigenvalue weighted by Crippen LogP contribution is -2.57. The topological polar surface area (TPSA) is 61.9 Å². The molecule has 1 fully saturated rings. The van der Waals surface area contributed by atoms with Gasteiger partial charge in [0.1, 0.15) is 5.75 Å². The summed E-state index contributed by atoms with van der Waals surface area (Å²) >= 11 is 5.89. The molecule has 1 heterocycles. The molecule has 2 amide bonds. The van der Waals surface area contributed by atoms with E-state index in [4.69, 9.17) is 16.3 Å². The molecule has 0 aliphatic carbocycles. The van der Waals surface area contributed by atoms with E-state index in [1.807, 2.05) is 20.8 Å². The fourth-order valence-corrected chi connectivity index (χ4v) is 3.12. The molecule has 2 rings (SSSR count). The Labute approximate surface area is 166 Å². The van der Waals surface area contributed by atoms with Gasteiger partial charge in [-0.3, -0.25) is 14.5 Å². The van der Waals surface area contributed by atoms with Crippen molar-refractivity contribution >= 4 is 23.4 Å². The minimum Gasteiger partial charge on any atom is -0.478 e. The zero-order chi connectivity index (χ0) is 20.2. The van der Waals surface area contributed by atoms with Crippen molar-refractivity contribution in [2.45, 2.75) is 45.8 Å². The van der Waals surface area contributed by atoms with Gasteiger partial charge in [-0.2, -0.15) is 0 Å². The number of ether oxygens (including phenoxy) is 1. The number of nitrogens with one attached hydrogen (secondary N) is 1. The summed E-state index contributed by atoms with van der Waals surface area (Å²) in [4.78, 5) is 28.8. The summed E-state index contributed by atoms with van der Waals surface area (Å²) in [5, 5.41) is 3.59. The van der Waals surface area contributed by atoms with Crippen LogP contribution in [0.25, 0.3) is 0 Å². The molecule has 1 N–H and O–H groups in total. The maximum Gasteiger partial charge on any atom is 0.266 e. The molecule has 1 aliphatic heterocycles. The standard InChI is InChI=1S/C20H30ClN3O3/c1-19(2,3)22-17(25)14-23-10-12-24(13-11-23)18(26)20(4,5)27-16-8-6-15(21)7-9-16/h6-9H,10-14H2,1-5H3,(H,22,25).